The Balaban J connectivity index is 3.06. The minimum absolute atomic E-state index is 0.0318. The number of ether oxygens (including phenoxy) is 1. The fraction of sp³-hybridized carbons (Fsp3) is 0.846. The van der Waals surface area contributed by atoms with Crippen LogP contribution in [0.1, 0.15) is 54.4 Å². The van der Waals surface area contributed by atoms with E-state index in [9.17, 15) is 4.79 Å². The molecule has 1 aliphatic heterocycles. The van der Waals surface area contributed by atoms with Crippen LogP contribution in [0.25, 0.3) is 0 Å². The van der Waals surface area contributed by atoms with E-state index in [0.29, 0.717) is 5.90 Å². The van der Waals surface area contributed by atoms with Crippen molar-refractivity contribution in [2.75, 3.05) is 0 Å². The molecule has 0 aromatic rings. The second-order valence-electron chi connectivity index (χ2n) is 5.15. The summed E-state index contributed by atoms with van der Waals surface area (Å²) in [5.74, 6) is 0.843. The molecule has 4 nitrogen and oxygen atoms in total. The van der Waals surface area contributed by atoms with Crippen molar-refractivity contribution in [1.29, 1.82) is 0 Å². The number of hydrazone groups is 1. The van der Waals surface area contributed by atoms with Gasteiger partial charge in [0.25, 0.3) is 0 Å². The summed E-state index contributed by atoms with van der Waals surface area (Å²) in [4.78, 5) is 12.2. The Kier molecular flexibility index (Phi) is 4.17. The lowest BCUT2D eigenvalue weighted by Crippen LogP contribution is -2.48. The molecule has 0 fully saturated rings. The van der Waals surface area contributed by atoms with Crippen molar-refractivity contribution >= 4 is 11.8 Å². The maximum absolute atomic E-state index is 12.2. The number of amides is 1. The Labute approximate surface area is 104 Å². The summed E-state index contributed by atoms with van der Waals surface area (Å²) in [6.45, 7) is 11.9. The van der Waals surface area contributed by atoms with Crippen LogP contribution in [0, 0.1) is 11.8 Å². The molecular weight excluding hydrogens is 216 g/mol. The molecule has 0 N–H and O–H groups in total. The molecule has 0 radical (unpaired) electrons. The van der Waals surface area contributed by atoms with Gasteiger partial charge < -0.3 is 4.74 Å². The minimum atomic E-state index is -0.568. The zero-order chi connectivity index (χ0) is 13.2. The summed E-state index contributed by atoms with van der Waals surface area (Å²) in [7, 11) is 0. The van der Waals surface area contributed by atoms with Crippen LogP contribution >= 0.6 is 0 Å². The van der Waals surface area contributed by atoms with E-state index in [0.717, 1.165) is 12.8 Å². The quantitative estimate of drug-likeness (QED) is 0.758. The SMILES string of the molecule is CCC1(CC)OC(C(C)C)=NN1C(=O)C(C)C. The Bertz CT molecular complexity index is 317. The number of hydrogen-bond acceptors (Lipinski definition) is 3. The standard InChI is InChI=1S/C13H24N2O2/c1-7-13(8-2)15(12(16)10(5)6)14-11(17-13)9(3)4/h9-10H,7-8H2,1-6H3. The first-order valence-corrected chi connectivity index (χ1v) is 6.49. The first-order valence-electron chi connectivity index (χ1n) is 6.49. The smallest absolute Gasteiger partial charge is 0.248 e. The Morgan fingerprint density at radius 1 is 1.29 bits per heavy atom. The van der Waals surface area contributed by atoms with Gasteiger partial charge in [-0.1, -0.05) is 41.5 Å². The molecule has 0 bridgehead atoms. The topological polar surface area (TPSA) is 41.9 Å². The van der Waals surface area contributed by atoms with E-state index in [1.165, 1.54) is 0 Å². The summed E-state index contributed by atoms with van der Waals surface area (Å²) in [6.07, 6.45) is 1.50. The molecule has 1 amide bonds. The molecule has 0 atom stereocenters. The summed E-state index contributed by atoms with van der Waals surface area (Å²) in [5.41, 5.74) is -0.568. The largest absolute Gasteiger partial charge is 0.451 e. The first-order chi connectivity index (χ1) is 7.88. The maximum Gasteiger partial charge on any atom is 0.248 e. The van der Waals surface area contributed by atoms with Crippen LogP contribution < -0.4 is 0 Å². The lowest BCUT2D eigenvalue weighted by Gasteiger charge is -2.34. The molecule has 1 heterocycles. The molecule has 17 heavy (non-hydrogen) atoms. The number of rotatable bonds is 4. The summed E-state index contributed by atoms with van der Waals surface area (Å²) in [5, 5.41) is 5.94. The molecule has 4 heteroatoms. The molecule has 0 saturated heterocycles. The van der Waals surface area contributed by atoms with Gasteiger partial charge in [-0.2, -0.15) is 5.01 Å². The third kappa shape index (κ3) is 2.45. The van der Waals surface area contributed by atoms with Gasteiger partial charge in [0.1, 0.15) is 0 Å². The van der Waals surface area contributed by atoms with E-state index in [2.05, 4.69) is 5.10 Å². The van der Waals surface area contributed by atoms with Gasteiger partial charge in [-0.3, -0.25) is 4.79 Å². The van der Waals surface area contributed by atoms with Crippen LogP contribution in [-0.2, 0) is 9.53 Å². The number of nitrogens with zero attached hydrogens (tertiary/aromatic N) is 2. The van der Waals surface area contributed by atoms with Crippen molar-refractivity contribution in [2.45, 2.75) is 60.1 Å². The number of carbonyl (C=O) groups is 1. The van der Waals surface area contributed by atoms with Gasteiger partial charge in [0.2, 0.25) is 17.5 Å². The van der Waals surface area contributed by atoms with E-state index < -0.39 is 5.72 Å². The highest BCUT2D eigenvalue weighted by molar-refractivity contribution is 5.86. The van der Waals surface area contributed by atoms with Gasteiger partial charge in [-0.05, 0) is 0 Å². The maximum atomic E-state index is 12.2. The van der Waals surface area contributed by atoms with Gasteiger partial charge in [0.15, 0.2) is 0 Å². The van der Waals surface area contributed by atoms with Crippen LogP contribution in [0.2, 0.25) is 0 Å². The second-order valence-corrected chi connectivity index (χ2v) is 5.15. The van der Waals surface area contributed by atoms with Crippen LogP contribution in [0.5, 0.6) is 0 Å². The van der Waals surface area contributed by atoms with E-state index in [1.807, 2.05) is 41.5 Å². The predicted octanol–water partition coefficient (Wildman–Crippen LogP) is 2.99. The fourth-order valence-electron chi connectivity index (χ4n) is 1.87. The van der Waals surface area contributed by atoms with Gasteiger partial charge in [-0.25, -0.2) is 0 Å². The van der Waals surface area contributed by atoms with Crippen molar-refractivity contribution in [3.05, 3.63) is 0 Å². The monoisotopic (exact) mass is 240 g/mol. The van der Waals surface area contributed by atoms with Crippen molar-refractivity contribution in [3.63, 3.8) is 0 Å². The summed E-state index contributed by atoms with van der Waals surface area (Å²) >= 11 is 0. The lowest BCUT2D eigenvalue weighted by molar-refractivity contribution is -0.154. The highest BCUT2D eigenvalue weighted by atomic mass is 16.6. The van der Waals surface area contributed by atoms with E-state index in [-0.39, 0.29) is 17.7 Å². The molecule has 1 rings (SSSR count). The van der Waals surface area contributed by atoms with E-state index in [4.69, 9.17) is 4.74 Å². The van der Waals surface area contributed by atoms with Crippen LogP contribution in [0.15, 0.2) is 5.10 Å². The third-order valence-electron chi connectivity index (χ3n) is 3.18. The second kappa shape index (κ2) is 5.07. The lowest BCUT2D eigenvalue weighted by atomic mass is 10.0. The zero-order valence-corrected chi connectivity index (χ0v) is 11.8. The highest BCUT2D eigenvalue weighted by Gasteiger charge is 2.46. The van der Waals surface area contributed by atoms with Gasteiger partial charge in [0, 0.05) is 24.7 Å². The molecule has 98 valence electrons. The van der Waals surface area contributed by atoms with Crippen molar-refractivity contribution in [1.82, 2.24) is 5.01 Å². The summed E-state index contributed by atoms with van der Waals surface area (Å²) in [6, 6.07) is 0. The minimum Gasteiger partial charge on any atom is -0.451 e. The fourth-order valence-corrected chi connectivity index (χ4v) is 1.87. The zero-order valence-electron chi connectivity index (χ0n) is 11.8. The average molecular weight is 240 g/mol. The van der Waals surface area contributed by atoms with E-state index in [1.54, 1.807) is 5.01 Å². The number of hydrogen-bond donors (Lipinski definition) is 0. The van der Waals surface area contributed by atoms with Crippen molar-refractivity contribution in [3.8, 4) is 0 Å². The van der Waals surface area contributed by atoms with Gasteiger partial charge in [-0.15, -0.1) is 5.10 Å². The third-order valence-corrected chi connectivity index (χ3v) is 3.18. The number of carbonyl (C=O) groups excluding carboxylic acids is 1. The average Bonchev–Trinajstić information content (AvgIpc) is 2.68. The van der Waals surface area contributed by atoms with Crippen molar-refractivity contribution < 1.29 is 9.53 Å². The highest BCUT2D eigenvalue weighted by Crippen LogP contribution is 2.34. The van der Waals surface area contributed by atoms with Crippen LogP contribution in [0.3, 0.4) is 0 Å². The molecule has 0 aliphatic carbocycles. The molecular formula is C13H24N2O2. The van der Waals surface area contributed by atoms with Crippen molar-refractivity contribution in [2.24, 2.45) is 16.9 Å². The molecule has 0 unspecified atom stereocenters. The Morgan fingerprint density at radius 2 is 1.82 bits per heavy atom. The van der Waals surface area contributed by atoms with Crippen LogP contribution in [-0.4, -0.2) is 22.5 Å². The predicted molar refractivity (Wildman–Crippen MR) is 68.4 cm³/mol. The molecule has 0 aromatic heterocycles. The van der Waals surface area contributed by atoms with E-state index >= 15 is 0 Å². The Hall–Kier alpha value is -1.06. The van der Waals surface area contributed by atoms with Crippen LogP contribution in [0.4, 0.5) is 0 Å². The summed E-state index contributed by atoms with van der Waals surface area (Å²) < 4.78 is 5.95. The first kappa shape index (κ1) is 14.0. The van der Waals surface area contributed by atoms with Gasteiger partial charge >= 0.3 is 0 Å². The van der Waals surface area contributed by atoms with Gasteiger partial charge in [0.05, 0.1) is 0 Å². The molecule has 0 spiro atoms. The molecule has 1 aliphatic rings. The molecule has 0 aromatic carbocycles. The molecule has 0 saturated carbocycles. The Morgan fingerprint density at radius 3 is 2.18 bits per heavy atom. The normalized spacial score (nSPS) is 18.6.